The molecule has 0 atom stereocenters. The fourth-order valence-electron chi connectivity index (χ4n) is 1.43. The molecule has 0 unspecified atom stereocenters. The molecule has 0 saturated heterocycles. The first kappa shape index (κ1) is 12.2. The highest BCUT2D eigenvalue weighted by Gasteiger charge is 2.05. The zero-order valence-corrected chi connectivity index (χ0v) is 8.84. The molecular formula is C10H14N4O2. The molecule has 6 N–H and O–H groups in total. The molecule has 0 amide bonds. The number of nitrogen functional groups attached to an aromatic ring is 1. The molecule has 1 heterocycles. The van der Waals surface area contributed by atoms with Crippen molar-refractivity contribution in [2.75, 3.05) is 5.73 Å². The predicted molar refractivity (Wildman–Crippen MR) is 61.6 cm³/mol. The van der Waals surface area contributed by atoms with Crippen molar-refractivity contribution in [2.24, 2.45) is 7.05 Å². The second kappa shape index (κ2) is 4.75. The minimum atomic E-state index is 0. The molecule has 0 aliphatic carbocycles. The summed E-state index contributed by atoms with van der Waals surface area (Å²) < 4.78 is 1.71. The highest BCUT2D eigenvalue weighted by Crippen LogP contribution is 2.23. The Balaban J connectivity index is 0.00000128. The second-order valence-electron chi connectivity index (χ2n) is 3.36. The van der Waals surface area contributed by atoms with Crippen molar-refractivity contribution in [3.8, 4) is 11.1 Å². The Morgan fingerprint density at radius 2 is 2.12 bits per heavy atom. The van der Waals surface area contributed by atoms with E-state index in [0.717, 1.165) is 16.6 Å². The summed E-state index contributed by atoms with van der Waals surface area (Å²) in [6.07, 6.45) is 3.64. The third-order valence-corrected chi connectivity index (χ3v) is 2.25. The van der Waals surface area contributed by atoms with Crippen LogP contribution in [0.1, 0.15) is 0 Å². The molecule has 0 aliphatic heterocycles. The Labute approximate surface area is 92.6 Å². The Bertz CT molecular complexity index is 481. The van der Waals surface area contributed by atoms with Gasteiger partial charge in [-0.25, -0.2) is 0 Å². The van der Waals surface area contributed by atoms with Gasteiger partial charge in [-0.3, -0.25) is 4.68 Å². The van der Waals surface area contributed by atoms with Crippen molar-refractivity contribution < 1.29 is 11.0 Å². The van der Waals surface area contributed by atoms with Crippen molar-refractivity contribution in [3.63, 3.8) is 0 Å². The van der Waals surface area contributed by atoms with Gasteiger partial charge in [-0.15, -0.1) is 0 Å². The quantitative estimate of drug-likeness (QED) is 0.529. The minimum absolute atomic E-state index is 0. The molecule has 2 rings (SSSR count). The standard InChI is InChI=1S/C10H12N4O.H2O/c1-14-6-8(5-12-14)7-2-3-9(11)10(4-7)13-15;/h2-6H,11,13H2,1H3;1H2. The fourth-order valence-corrected chi connectivity index (χ4v) is 1.43. The number of hydrogen-bond donors (Lipinski definition) is 2. The first-order valence-corrected chi connectivity index (χ1v) is 4.54. The molecule has 1 aromatic heterocycles. The SMILES string of the molecule is Cn1cc(-c2ccc(N)c([NH2+][O-])c2)cn1.O. The Morgan fingerprint density at radius 1 is 1.38 bits per heavy atom. The van der Waals surface area contributed by atoms with Crippen LogP contribution in [0, 0.1) is 5.21 Å². The number of aryl methyl sites for hydroxylation is 1. The van der Waals surface area contributed by atoms with Crippen LogP contribution in [0.25, 0.3) is 11.1 Å². The van der Waals surface area contributed by atoms with Crippen molar-refractivity contribution in [1.29, 1.82) is 0 Å². The van der Waals surface area contributed by atoms with E-state index in [2.05, 4.69) is 5.10 Å². The molecule has 6 nitrogen and oxygen atoms in total. The van der Waals surface area contributed by atoms with E-state index in [1.807, 2.05) is 19.3 Å². The number of nitrogens with zero attached hydrogens (tertiary/aromatic N) is 2. The number of benzene rings is 1. The van der Waals surface area contributed by atoms with Gasteiger partial charge in [0, 0.05) is 24.9 Å². The van der Waals surface area contributed by atoms with Gasteiger partial charge in [0.25, 0.3) is 0 Å². The molecule has 0 spiro atoms. The van der Waals surface area contributed by atoms with Crippen LogP contribution in [-0.4, -0.2) is 15.3 Å². The maximum atomic E-state index is 10.7. The van der Waals surface area contributed by atoms with E-state index < -0.39 is 0 Å². The number of rotatable bonds is 2. The lowest BCUT2D eigenvalue weighted by Gasteiger charge is -2.06. The molecule has 86 valence electrons. The van der Waals surface area contributed by atoms with Gasteiger partial charge in [0.15, 0.2) is 5.69 Å². The highest BCUT2D eigenvalue weighted by molar-refractivity contribution is 5.71. The largest absolute Gasteiger partial charge is 0.630 e. The van der Waals surface area contributed by atoms with E-state index in [1.54, 1.807) is 23.0 Å². The molecule has 0 aliphatic rings. The third-order valence-electron chi connectivity index (χ3n) is 2.25. The lowest BCUT2D eigenvalue weighted by molar-refractivity contribution is -0.496. The van der Waals surface area contributed by atoms with Crippen LogP contribution in [0.15, 0.2) is 30.6 Å². The molecular weight excluding hydrogens is 208 g/mol. The summed E-state index contributed by atoms with van der Waals surface area (Å²) in [7, 11) is 1.85. The zero-order chi connectivity index (χ0) is 10.8. The lowest BCUT2D eigenvalue weighted by Crippen LogP contribution is -2.70. The Morgan fingerprint density at radius 3 is 2.69 bits per heavy atom. The Hall–Kier alpha value is -1.89. The van der Waals surface area contributed by atoms with Crippen LogP contribution in [0.3, 0.4) is 0 Å². The lowest BCUT2D eigenvalue weighted by atomic mass is 10.1. The average Bonchev–Trinajstić information content (AvgIpc) is 2.66. The van der Waals surface area contributed by atoms with E-state index in [0.29, 0.717) is 11.4 Å². The zero-order valence-electron chi connectivity index (χ0n) is 8.84. The van der Waals surface area contributed by atoms with Gasteiger partial charge in [-0.05, 0) is 11.6 Å². The van der Waals surface area contributed by atoms with Crippen LogP contribution in [0.4, 0.5) is 11.4 Å². The average molecular weight is 222 g/mol. The second-order valence-corrected chi connectivity index (χ2v) is 3.36. The maximum absolute atomic E-state index is 10.7. The number of aromatic nitrogens is 2. The van der Waals surface area contributed by atoms with Gasteiger partial charge in [0.05, 0.1) is 11.9 Å². The van der Waals surface area contributed by atoms with Crippen LogP contribution in [0.5, 0.6) is 0 Å². The van der Waals surface area contributed by atoms with E-state index in [1.165, 1.54) is 0 Å². The van der Waals surface area contributed by atoms with Gasteiger partial charge in [0.2, 0.25) is 0 Å². The third kappa shape index (κ3) is 2.19. The fraction of sp³-hybridized carbons (Fsp3) is 0.100. The minimum Gasteiger partial charge on any atom is -0.630 e. The monoisotopic (exact) mass is 222 g/mol. The summed E-state index contributed by atoms with van der Waals surface area (Å²) in [4.78, 5) is 0. The highest BCUT2D eigenvalue weighted by atomic mass is 16.5. The van der Waals surface area contributed by atoms with Crippen molar-refractivity contribution >= 4 is 11.4 Å². The number of anilines is 1. The van der Waals surface area contributed by atoms with Crippen molar-refractivity contribution in [1.82, 2.24) is 9.78 Å². The molecule has 0 saturated carbocycles. The summed E-state index contributed by atoms with van der Waals surface area (Å²) in [5.41, 5.74) is 9.32. The molecule has 6 heteroatoms. The van der Waals surface area contributed by atoms with Gasteiger partial charge in [-0.1, -0.05) is 6.07 Å². The summed E-state index contributed by atoms with van der Waals surface area (Å²) in [6.45, 7) is 0. The molecule has 1 aromatic carbocycles. The van der Waals surface area contributed by atoms with Crippen molar-refractivity contribution in [2.45, 2.75) is 0 Å². The van der Waals surface area contributed by atoms with Gasteiger partial charge >= 0.3 is 0 Å². The van der Waals surface area contributed by atoms with E-state index >= 15 is 0 Å². The summed E-state index contributed by atoms with van der Waals surface area (Å²) in [5, 5.41) is 14.8. The van der Waals surface area contributed by atoms with E-state index in [9.17, 15) is 5.21 Å². The van der Waals surface area contributed by atoms with Gasteiger partial charge in [0.1, 0.15) is 0 Å². The number of quaternary nitrogens is 1. The molecule has 16 heavy (non-hydrogen) atoms. The predicted octanol–water partition coefficient (Wildman–Crippen LogP) is -0.463. The first-order chi connectivity index (χ1) is 7.20. The summed E-state index contributed by atoms with van der Waals surface area (Å²) in [5.74, 6) is 0. The van der Waals surface area contributed by atoms with Gasteiger partial charge in [-0.2, -0.15) is 5.10 Å². The van der Waals surface area contributed by atoms with Crippen LogP contribution in [0.2, 0.25) is 0 Å². The maximum Gasteiger partial charge on any atom is 0.153 e. The Kier molecular flexibility index (Phi) is 3.62. The normalized spacial score (nSPS) is 9.88. The van der Waals surface area contributed by atoms with Crippen molar-refractivity contribution in [3.05, 3.63) is 35.8 Å². The summed E-state index contributed by atoms with van der Waals surface area (Å²) >= 11 is 0. The van der Waals surface area contributed by atoms with E-state index in [-0.39, 0.29) is 5.48 Å². The first-order valence-electron chi connectivity index (χ1n) is 4.54. The van der Waals surface area contributed by atoms with Crippen LogP contribution in [-0.2, 0) is 7.05 Å². The van der Waals surface area contributed by atoms with Crippen LogP contribution >= 0.6 is 0 Å². The van der Waals surface area contributed by atoms with Gasteiger partial charge < -0.3 is 21.9 Å². The molecule has 0 radical (unpaired) electrons. The smallest absolute Gasteiger partial charge is 0.153 e. The number of hydrogen-bond acceptors (Lipinski definition) is 3. The molecule has 2 aromatic rings. The van der Waals surface area contributed by atoms with E-state index in [4.69, 9.17) is 5.73 Å². The topological polar surface area (TPSA) is 115 Å². The molecule has 0 fully saturated rings. The summed E-state index contributed by atoms with van der Waals surface area (Å²) in [6, 6.07) is 5.37. The molecule has 0 bridgehead atoms. The van der Waals surface area contributed by atoms with Crippen LogP contribution < -0.4 is 11.2 Å². The number of nitrogens with two attached hydrogens (primary N) is 2.